The van der Waals surface area contributed by atoms with Crippen molar-refractivity contribution in [3.63, 3.8) is 0 Å². The maximum Gasteiger partial charge on any atom is 0.118 e. The van der Waals surface area contributed by atoms with Crippen molar-refractivity contribution in [1.29, 1.82) is 0 Å². The molecule has 1 aromatic rings. The standard InChI is InChI=1S/C17H27NO2/c1-3-13-4-7-15(11-18)17(10-13)20-12-14-5-8-16(19-2)9-6-14/h5-6,8-9,13,15,17H,3-4,7,10-12,18H2,1-2H3. The molecule has 0 aliphatic heterocycles. The third kappa shape index (κ3) is 3.97. The van der Waals surface area contributed by atoms with Crippen LogP contribution < -0.4 is 10.5 Å². The summed E-state index contributed by atoms with van der Waals surface area (Å²) in [5, 5.41) is 0. The minimum absolute atomic E-state index is 0.320. The van der Waals surface area contributed by atoms with Gasteiger partial charge in [-0.3, -0.25) is 0 Å². The molecule has 3 atom stereocenters. The molecule has 1 aliphatic carbocycles. The summed E-state index contributed by atoms with van der Waals surface area (Å²) in [6, 6.07) is 8.09. The first kappa shape index (κ1) is 15.3. The van der Waals surface area contributed by atoms with Crippen LogP contribution in [0.2, 0.25) is 0 Å². The Morgan fingerprint density at radius 1 is 1.20 bits per heavy atom. The van der Waals surface area contributed by atoms with Crippen LogP contribution in [0.5, 0.6) is 5.75 Å². The average molecular weight is 277 g/mol. The predicted octanol–water partition coefficient (Wildman–Crippen LogP) is 3.37. The molecule has 0 spiro atoms. The highest BCUT2D eigenvalue weighted by Gasteiger charge is 2.29. The van der Waals surface area contributed by atoms with Crippen molar-refractivity contribution in [3.8, 4) is 5.75 Å². The second kappa shape index (κ2) is 7.65. The minimum atomic E-state index is 0.320. The van der Waals surface area contributed by atoms with E-state index in [9.17, 15) is 0 Å². The Labute approximate surface area is 122 Å². The Balaban J connectivity index is 1.89. The third-order valence-electron chi connectivity index (χ3n) is 4.54. The first-order valence-corrected chi connectivity index (χ1v) is 7.71. The summed E-state index contributed by atoms with van der Waals surface area (Å²) in [5.41, 5.74) is 7.09. The van der Waals surface area contributed by atoms with Crippen molar-refractivity contribution in [3.05, 3.63) is 29.8 Å². The summed E-state index contributed by atoms with van der Waals surface area (Å²) < 4.78 is 11.3. The monoisotopic (exact) mass is 277 g/mol. The highest BCUT2D eigenvalue weighted by molar-refractivity contribution is 5.26. The molecule has 0 amide bonds. The van der Waals surface area contributed by atoms with E-state index >= 15 is 0 Å². The summed E-state index contributed by atoms with van der Waals surface area (Å²) in [6.45, 7) is 3.68. The summed E-state index contributed by atoms with van der Waals surface area (Å²) in [5.74, 6) is 2.21. The molecule has 3 heteroatoms. The van der Waals surface area contributed by atoms with Gasteiger partial charge in [0.25, 0.3) is 0 Å². The fourth-order valence-electron chi connectivity index (χ4n) is 3.04. The van der Waals surface area contributed by atoms with Gasteiger partial charge in [0.05, 0.1) is 19.8 Å². The lowest BCUT2D eigenvalue weighted by Crippen LogP contribution is -2.36. The van der Waals surface area contributed by atoms with E-state index in [1.54, 1.807) is 7.11 Å². The molecule has 0 radical (unpaired) electrons. The van der Waals surface area contributed by atoms with Gasteiger partial charge >= 0.3 is 0 Å². The number of ether oxygens (including phenoxy) is 2. The van der Waals surface area contributed by atoms with E-state index in [0.29, 0.717) is 18.6 Å². The van der Waals surface area contributed by atoms with E-state index in [0.717, 1.165) is 24.6 Å². The van der Waals surface area contributed by atoms with Crippen LogP contribution in [0.3, 0.4) is 0 Å². The summed E-state index contributed by atoms with van der Waals surface area (Å²) >= 11 is 0. The molecule has 2 rings (SSSR count). The molecule has 1 aliphatic rings. The van der Waals surface area contributed by atoms with Gasteiger partial charge in [-0.15, -0.1) is 0 Å². The van der Waals surface area contributed by atoms with E-state index in [1.165, 1.54) is 24.8 Å². The second-order valence-electron chi connectivity index (χ2n) is 5.78. The largest absolute Gasteiger partial charge is 0.497 e. The Morgan fingerprint density at radius 2 is 1.95 bits per heavy atom. The van der Waals surface area contributed by atoms with Crippen LogP contribution in [0.4, 0.5) is 0 Å². The molecule has 20 heavy (non-hydrogen) atoms. The van der Waals surface area contributed by atoms with Crippen LogP contribution in [0.25, 0.3) is 0 Å². The van der Waals surface area contributed by atoms with Crippen LogP contribution >= 0.6 is 0 Å². The van der Waals surface area contributed by atoms with Crippen molar-refractivity contribution < 1.29 is 9.47 Å². The van der Waals surface area contributed by atoms with Crippen LogP contribution in [-0.4, -0.2) is 19.8 Å². The minimum Gasteiger partial charge on any atom is -0.497 e. The van der Waals surface area contributed by atoms with Gasteiger partial charge < -0.3 is 15.2 Å². The highest BCUT2D eigenvalue weighted by Crippen LogP contribution is 2.32. The molecular weight excluding hydrogens is 250 g/mol. The lowest BCUT2D eigenvalue weighted by molar-refractivity contribution is -0.0333. The van der Waals surface area contributed by atoms with Crippen molar-refractivity contribution >= 4 is 0 Å². The lowest BCUT2D eigenvalue weighted by atomic mass is 9.78. The van der Waals surface area contributed by atoms with Crippen LogP contribution in [0.1, 0.15) is 38.2 Å². The highest BCUT2D eigenvalue weighted by atomic mass is 16.5. The predicted molar refractivity (Wildman–Crippen MR) is 81.7 cm³/mol. The molecular formula is C17H27NO2. The molecule has 0 aromatic heterocycles. The van der Waals surface area contributed by atoms with Gasteiger partial charge in [0.2, 0.25) is 0 Å². The number of hydrogen-bond donors (Lipinski definition) is 1. The van der Waals surface area contributed by atoms with E-state index in [-0.39, 0.29) is 0 Å². The Bertz CT molecular complexity index is 390. The van der Waals surface area contributed by atoms with Crippen LogP contribution in [0, 0.1) is 11.8 Å². The normalized spacial score (nSPS) is 26.4. The van der Waals surface area contributed by atoms with Gasteiger partial charge in [-0.05, 0) is 55.3 Å². The zero-order valence-corrected chi connectivity index (χ0v) is 12.7. The number of rotatable bonds is 6. The van der Waals surface area contributed by atoms with Crippen LogP contribution in [-0.2, 0) is 11.3 Å². The van der Waals surface area contributed by atoms with Crippen molar-refractivity contribution in [2.24, 2.45) is 17.6 Å². The molecule has 1 fully saturated rings. The topological polar surface area (TPSA) is 44.5 Å². The fraction of sp³-hybridized carbons (Fsp3) is 0.647. The number of benzene rings is 1. The van der Waals surface area contributed by atoms with Crippen LogP contribution in [0.15, 0.2) is 24.3 Å². The first-order valence-electron chi connectivity index (χ1n) is 7.71. The van der Waals surface area contributed by atoms with E-state index in [4.69, 9.17) is 15.2 Å². The number of methoxy groups -OCH3 is 1. The summed E-state index contributed by atoms with van der Waals surface area (Å²) in [6.07, 6.45) is 5.25. The summed E-state index contributed by atoms with van der Waals surface area (Å²) in [4.78, 5) is 0. The van der Waals surface area contributed by atoms with Gasteiger partial charge in [-0.1, -0.05) is 25.5 Å². The quantitative estimate of drug-likeness (QED) is 0.867. The SMILES string of the molecule is CCC1CCC(CN)C(OCc2ccc(OC)cc2)C1. The first-order chi connectivity index (χ1) is 9.76. The Morgan fingerprint density at radius 3 is 2.55 bits per heavy atom. The maximum absolute atomic E-state index is 6.16. The lowest BCUT2D eigenvalue weighted by Gasteiger charge is -2.35. The van der Waals surface area contributed by atoms with Gasteiger partial charge in [0.1, 0.15) is 5.75 Å². The second-order valence-corrected chi connectivity index (χ2v) is 5.78. The summed E-state index contributed by atoms with van der Waals surface area (Å²) in [7, 11) is 1.68. The zero-order valence-electron chi connectivity index (χ0n) is 12.7. The molecule has 2 N–H and O–H groups in total. The number of nitrogens with two attached hydrogens (primary N) is 1. The van der Waals surface area contributed by atoms with Gasteiger partial charge in [0, 0.05) is 0 Å². The van der Waals surface area contributed by atoms with E-state index < -0.39 is 0 Å². The molecule has 3 unspecified atom stereocenters. The molecule has 1 aromatic carbocycles. The molecule has 3 nitrogen and oxygen atoms in total. The molecule has 0 bridgehead atoms. The van der Waals surface area contributed by atoms with Gasteiger partial charge in [0.15, 0.2) is 0 Å². The van der Waals surface area contributed by atoms with Crippen molar-refractivity contribution in [1.82, 2.24) is 0 Å². The molecule has 1 saturated carbocycles. The Hall–Kier alpha value is -1.06. The molecule has 112 valence electrons. The van der Waals surface area contributed by atoms with Gasteiger partial charge in [-0.2, -0.15) is 0 Å². The van der Waals surface area contributed by atoms with Crippen molar-refractivity contribution in [2.45, 2.75) is 45.3 Å². The maximum atomic E-state index is 6.16. The Kier molecular flexibility index (Phi) is 5.86. The number of hydrogen-bond acceptors (Lipinski definition) is 3. The molecule has 0 heterocycles. The molecule has 0 saturated heterocycles. The van der Waals surface area contributed by atoms with Gasteiger partial charge in [-0.25, -0.2) is 0 Å². The van der Waals surface area contributed by atoms with Crippen molar-refractivity contribution in [2.75, 3.05) is 13.7 Å². The zero-order chi connectivity index (χ0) is 14.4. The fourth-order valence-corrected chi connectivity index (χ4v) is 3.04. The van der Waals surface area contributed by atoms with E-state index in [1.807, 2.05) is 12.1 Å². The average Bonchev–Trinajstić information content (AvgIpc) is 2.53. The smallest absolute Gasteiger partial charge is 0.118 e. The van der Waals surface area contributed by atoms with E-state index in [2.05, 4.69) is 19.1 Å². The third-order valence-corrected chi connectivity index (χ3v) is 4.54.